The highest BCUT2D eigenvalue weighted by molar-refractivity contribution is 5.52. The molecule has 0 amide bonds. The molecular weight excluding hydrogens is 202 g/mol. The van der Waals surface area contributed by atoms with Gasteiger partial charge in [-0.1, -0.05) is 0 Å². The fourth-order valence-electron chi connectivity index (χ4n) is 1.70. The van der Waals surface area contributed by atoms with E-state index in [9.17, 15) is 0 Å². The van der Waals surface area contributed by atoms with Gasteiger partial charge in [-0.2, -0.15) is 9.97 Å². The maximum absolute atomic E-state index is 5.69. The first kappa shape index (κ1) is 11.0. The highest BCUT2D eigenvalue weighted by atomic mass is 15.2. The molecule has 5 heteroatoms. The number of anilines is 3. The van der Waals surface area contributed by atoms with Crippen LogP contribution in [0.3, 0.4) is 0 Å². The average Bonchev–Trinajstić information content (AvgIpc) is 3.01. The molecule has 1 aromatic rings. The molecule has 0 bridgehead atoms. The van der Waals surface area contributed by atoms with Gasteiger partial charge in [-0.05, 0) is 25.7 Å². The van der Waals surface area contributed by atoms with E-state index in [0.717, 1.165) is 30.6 Å². The largest absolute Gasteiger partial charge is 0.370 e. The second kappa shape index (κ2) is 4.55. The van der Waals surface area contributed by atoms with E-state index in [1.807, 2.05) is 13.0 Å². The second-order valence-electron chi connectivity index (χ2n) is 4.32. The topological polar surface area (TPSA) is 67.1 Å². The summed E-state index contributed by atoms with van der Waals surface area (Å²) in [6.45, 7) is 3.93. The molecule has 1 saturated carbocycles. The molecule has 2 rings (SSSR count). The van der Waals surface area contributed by atoms with Gasteiger partial charge >= 0.3 is 0 Å². The summed E-state index contributed by atoms with van der Waals surface area (Å²) in [5.74, 6) is 2.86. The standard InChI is InChI=1S/C11H19N5/c1-3-13-9-6-10(15-11(12)14-9)16(2)7-8-4-5-8/h6,8H,3-5,7H2,1-2H3,(H3,12,13,14,15). The third-order valence-corrected chi connectivity index (χ3v) is 2.71. The van der Waals surface area contributed by atoms with E-state index in [-0.39, 0.29) is 0 Å². The monoisotopic (exact) mass is 221 g/mol. The minimum absolute atomic E-state index is 0.330. The molecule has 16 heavy (non-hydrogen) atoms. The van der Waals surface area contributed by atoms with Crippen molar-refractivity contribution in [3.8, 4) is 0 Å². The fraction of sp³-hybridized carbons (Fsp3) is 0.636. The van der Waals surface area contributed by atoms with Crippen LogP contribution >= 0.6 is 0 Å². The molecule has 88 valence electrons. The lowest BCUT2D eigenvalue weighted by Crippen LogP contribution is -2.22. The number of rotatable bonds is 5. The molecule has 5 nitrogen and oxygen atoms in total. The van der Waals surface area contributed by atoms with Crippen LogP contribution in [0.1, 0.15) is 19.8 Å². The van der Waals surface area contributed by atoms with Gasteiger partial charge < -0.3 is 16.0 Å². The zero-order chi connectivity index (χ0) is 11.5. The van der Waals surface area contributed by atoms with Crippen molar-refractivity contribution in [1.82, 2.24) is 9.97 Å². The first-order chi connectivity index (χ1) is 7.69. The minimum Gasteiger partial charge on any atom is -0.370 e. The molecule has 0 aliphatic heterocycles. The van der Waals surface area contributed by atoms with Gasteiger partial charge in [0.15, 0.2) is 0 Å². The molecule has 0 radical (unpaired) electrons. The second-order valence-corrected chi connectivity index (χ2v) is 4.32. The summed E-state index contributed by atoms with van der Waals surface area (Å²) in [5, 5.41) is 3.15. The van der Waals surface area contributed by atoms with Crippen molar-refractivity contribution in [2.45, 2.75) is 19.8 Å². The summed E-state index contributed by atoms with van der Waals surface area (Å²) >= 11 is 0. The number of nitrogen functional groups attached to an aromatic ring is 1. The lowest BCUT2D eigenvalue weighted by atomic mass is 10.3. The number of nitrogens with zero attached hydrogens (tertiary/aromatic N) is 3. The van der Waals surface area contributed by atoms with Crippen molar-refractivity contribution < 1.29 is 0 Å². The molecule has 0 unspecified atom stereocenters. The highest BCUT2D eigenvalue weighted by Crippen LogP contribution is 2.30. The third-order valence-electron chi connectivity index (χ3n) is 2.71. The van der Waals surface area contributed by atoms with Gasteiger partial charge in [-0.25, -0.2) is 0 Å². The van der Waals surface area contributed by atoms with Crippen LogP contribution in [0.5, 0.6) is 0 Å². The summed E-state index contributed by atoms with van der Waals surface area (Å²) < 4.78 is 0. The lowest BCUT2D eigenvalue weighted by Gasteiger charge is -2.18. The smallest absolute Gasteiger partial charge is 0.223 e. The Kier molecular flexibility index (Phi) is 3.12. The lowest BCUT2D eigenvalue weighted by molar-refractivity contribution is 0.776. The van der Waals surface area contributed by atoms with E-state index in [1.54, 1.807) is 0 Å². The van der Waals surface area contributed by atoms with Gasteiger partial charge in [0.25, 0.3) is 0 Å². The van der Waals surface area contributed by atoms with Crippen LogP contribution in [0.15, 0.2) is 6.07 Å². The Balaban J connectivity index is 2.11. The number of aromatic nitrogens is 2. The molecular formula is C11H19N5. The average molecular weight is 221 g/mol. The SMILES string of the molecule is CCNc1cc(N(C)CC2CC2)nc(N)n1. The third kappa shape index (κ3) is 2.74. The Morgan fingerprint density at radius 1 is 1.50 bits per heavy atom. The van der Waals surface area contributed by atoms with Crippen LogP contribution in [0.2, 0.25) is 0 Å². The normalized spacial score (nSPS) is 14.9. The molecule has 1 aliphatic carbocycles. The Labute approximate surface area is 96.1 Å². The minimum atomic E-state index is 0.330. The van der Waals surface area contributed by atoms with Gasteiger partial charge in [0.1, 0.15) is 11.6 Å². The highest BCUT2D eigenvalue weighted by Gasteiger charge is 2.23. The van der Waals surface area contributed by atoms with Crippen molar-refractivity contribution in [1.29, 1.82) is 0 Å². The maximum Gasteiger partial charge on any atom is 0.223 e. The molecule has 1 aliphatic rings. The molecule has 0 spiro atoms. The maximum atomic E-state index is 5.69. The molecule has 0 saturated heterocycles. The van der Waals surface area contributed by atoms with Crippen LogP contribution in [0.25, 0.3) is 0 Å². The number of nitrogens with one attached hydrogen (secondary N) is 1. The Morgan fingerprint density at radius 3 is 2.88 bits per heavy atom. The zero-order valence-electron chi connectivity index (χ0n) is 9.90. The first-order valence-electron chi connectivity index (χ1n) is 5.78. The molecule has 3 N–H and O–H groups in total. The van der Waals surface area contributed by atoms with Crippen LogP contribution in [-0.2, 0) is 0 Å². The van der Waals surface area contributed by atoms with Crippen LogP contribution < -0.4 is 16.0 Å². The van der Waals surface area contributed by atoms with Crippen molar-refractivity contribution in [2.75, 3.05) is 36.1 Å². The summed E-state index contributed by atoms with van der Waals surface area (Å²) in [4.78, 5) is 10.5. The number of hydrogen-bond donors (Lipinski definition) is 2. The van der Waals surface area contributed by atoms with Crippen LogP contribution in [0, 0.1) is 5.92 Å². The van der Waals surface area contributed by atoms with E-state index in [2.05, 4.69) is 27.2 Å². The molecule has 1 aromatic heterocycles. The molecule has 1 fully saturated rings. The Hall–Kier alpha value is -1.52. The van der Waals surface area contributed by atoms with Crippen molar-refractivity contribution in [2.24, 2.45) is 5.92 Å². The van der Waals surface area contributed by atoms with Crippen LogP contribution in [-0.4, -0.2) is 30.1 Å². The van der Waals surface area contributed by atoms with Crippen molar-refractivity contribution in [3.05, 3.63) is 6.07 Å². The Morgan fingerprint density at radius 2 is 2.25 bits per heavy atom. The summed E-state index contributed by atoms with van der Waals surface area (Å²) in [6.07, 6.45) is 2.68. The molecule has 0 atom stereocenters. The molecule has 1 heterocycles. The van der Waals surface area contributed by atoms with Gasteiger partial charge in [0.05, 0.1) is 0 Å². The van der Waals surface area contributed by atoms with E-state index in [0.29, 0.717) is 5.95 Å². The fourth-order valence-corrected chi connectivity index (χ4v) is 1.70. The summed E-state index contributed by atoms with van der Waals surface area (Å²) in [5.41, 5.74) is 5.69. The van der Waals surface area contributed by atoms with E-state index in [1.165, 1.54) is 12.8 Å². The van der Waals surface area contributed by atoms with Gasteiger partial charge in [-0.15, -0.1) is 0 Å². The summed E-state index contributed by atoms with van der Waals surface area (Å²) in [6, 6.07) is 1.95. The molecule has 0 aromatic carbocycles. The van der Waals surface area contributed by atoms with E-state index >= 15 is 0 Å². The Bertz CT molecular complexity index is 361. The predicted octanol–water partition coefficient (Wildman–Crippen LogP) is 1.34. The van der Waals surface area contributed by atoms with Gasteiger partial charge in [0.2, 0.25) is 5.95 Å². The van der Waals surface area contributed by atoms with Crippen molar-refractivity contribution in [3.63, 3.8) is 0 Å². The van der Waals surface area contributed by atoms with Gasteiger partial charge in [0, 0.05) is 26.2 Å². The quantitative estimate of drug-likeness (QED) is 0.785. The predicted molar refractivity (Wildman–Crippen MR) is 66.6 cm³/mol. The summed E-state index contributed by atoms with van der Waals surface area (Å²) in [7, 11) is 2.05. The van der Waals surface area contributed by atoms with E-state index in [4.69, 9.17) is 5.73 Å². The number of nitrogens with two attached hydrogens (primary N) is 1. The number of hydrogen-bond acceptors (Lipinski definition) is 5. The van der Waals surface area contributed by atoms with Crippen LogP contribution in [0.4, 0.5) is 17.6 Å². The van der Waals surface area contributed by atoms with Gasteiger partial charge in [-0.3, -0.25) is 0 Å². The van der Waals surface area contributed by atoms with E-state index < -0.39 is 0 Å². The first-order valence-corrected chi connectivity index (χ1v) is 5.78. The zero-order valence-corrected chi connectivity index (χ0v) is 9.90. The van der Waals surface area contributed by atoms with Crippen molar-refractivity contribution >= 4 is 17.6 Å².